The van der Waals surface area contributed by atoms with Crippen molar-refractivity contribution in [2.24, 2.45) is 0 Å². The second-order valence-corrected chi connectivity index (χ2v) is 6.19. The number of thiophene rings is 1. The fraction of sp³-hybridized carbons (Fsp3) is 0.286. The molecule has 0 saturated carbocycles. The standard InChI is InChI=1S/C14H12N6OS/c15-5-4-14(21)8-19(9-14)12-2-1-11-16-17-13(20(11)18-12)10-3-6-22-7-10/h1-3,6-7,21H,4,8-9H2. The van der Waals surface area contributed by atoms with Crippen molar-refractivity contribution in [3.63, 3.8) is 0 Å². The Bertz CT molecular complexity index is 859. The van der Waals surface area contributed by atoms with Crippen LogP contribution >= 0.6 is 11.3 Å². The zero-order valence-corrected chi connectivity index (χ0v) is 12.4. The van der Waals surface area contributed by atoms with Crippen LogP contribution in [0.4, 0.5) is 5.82 Å². The molecule has 4 rings (SSSR count). The van der Waals surface area contributed by atoms with Crippen LogP contribution in [-0.2, 0) is 0 Å². The maximum atomic E-state index is 10.1. The van der Waals surface area contributed by atoms with Gasteiger partial charge in [-0.25, -0.2) is 0 Å². The molecule has 3 aromatic heterocycles. The van der Waals surface area contributed by atoms with Gasteiger partial charge in [-0.3, -0.25) is 0 Å². The lowest BCUT2D eigenvalue weighted by molar-refractivity contribution is 0.0161. The van der Waals surface area contributed by atoms with Gasteiger partial charge in [-0.05, 0) is 23.6 Å². The van der Waals surface area contributed by atoms with Crippen molar-refractivity contribution in [1.82, 2.24) is 19.8 Å². The van der Waals surface area contributed by atoms with E-state index in [4.69, 9.17) is 5.26 Å². The molecule has 0 radical (unpaired) electrons. The Morgan fingerprint density at radius 3 is 2.91 bits per heavy atom. The molecule has 0 amide bonds. The lowest BCUT2D eigenvalue weighted by Gasteiger charge is -2.45. The van der Waals surface area contributed by atoms with Gasteiger partial charge in [0.2, 0.25) is 0 Å². The first kappa shape index (κ1) is 13.2. The fourth-order valence-electron chi connectivity index (χ4n) is 2.60. The van der Waals surface area contributed by atoms with Gasteiger partial charge in [-0.15, -0.1) is 15.3 Å². The van der Waals surface area contributed by atoms with E-state index >= 15 is 0 Å². The van der Waals surface area contributed by atoms with Gasteiger partial charge < -0.3 is 10.0 Å². The number of hydrogen-bond acceptors (Lipinski definition) is 7. The van der Waals surface area contributed by atoms with E-state index in [2.05, 4.69) is 15.3 Å². The normalized spacial score (nSPS) is 16.5. The number of aliphatic hydroxyl groups is 1. The fourth-order valence-corrected chi connectivity index (χ4v) is 3.24. The summed E-state index contributed by atoms with van der Waals surface area (Å²) < 4.78 is 1.71. The zero-order chi connectivity index (χ0) is 15.2. The van der Waals surface area contributed by atoms with Crippen LogP contribution in [0.15, 0.2) is 29.0 Å². The van der Waals surface area contributed by atoms with E-state index < -0.39 is 5.60 Å². The van der Waals surface area contributed by atoms with Crippen molar-refractivity contribution in [3.8, 4) is 17.5 Å². The van der Waals surface area contributed by atoms with Gasteiger partial charge in [0, 0.05) is 10.9 Å². The second-order valence-electron chi connectivity index (χ2n) is 5.41. The molecule has 0 atom stereocenters. The lowest BCUT2D eigenvalue weighted by Crippen LogP contribution is -2.62. The molecular formula is C14H12N6OS. The third-order valence-electron chi connectivity index (χ3n) is 3.73. The van der Waals surface area contributed by atoms with E-state index in [9.17, 15) is 5.11 Å². The largest absolute Gasteiger partial charge is 0.385 e. The first-order valence-electron chi connectivity index (χ1n) is 6.78. The van der Waals surface area contributed by atoms with Crippen molar-refractivity contribution in [2.45, 2.75) is 12.0 Å². The maximum absolute atomic E-state index is 10.1. The molecule has 8 heteroatoms. The van der Waals surface area contributed by atoms with Crippen LogP contribution in [0.1, 0.15) is 6.42 Å². The van der Waals surface area contributed by atoms with Crippen LogP contribution < -0.4 is 4.90 Å². The van der Waals surface area contributed by atoms with Crippen molar-refractivity contribution in [1.29, 1.82) is 5.26 Å². The first-order valence-corrected chi connectivity index (χ1v) is 7.72. The Labute approximate surface area is 130 Å². The molecule has 1 aliphatic rings. The minimum atomic E-state index is -0.922. The number of anilines is 1. The summed E-state index contributed by atoms with van der Waals surface area (Å²) in [6.45, 7) is 0.823. The quantitative estimate of drug-likeness (QED) is 0.784. The van der Waals surface area contributed by atoms with Crippen LogP contribution in [0.3, 0.4) is 0 Å². The number of hydrogen-bond donors (Lipinski definition) is 1. The Hall–Kier alpha value is -2.50. The Morgan fingerprint density at radius 1 is 1.32 bits per heavy atom. The topological polar surface area (TPSA) is 90.3 Å². The zero-order valence-electron chi connectivity index (χ0n) is 11.5. The summed E-state index contributed by atoms with van der Waals surface area (Å²) in [6.07, 6.45) is 0.137. The average Bonchev–Trinajstić information content (AvgIpc) is 3.12. The third kappa shape index (κ3) is 2.03. The smallest absolute Gasteiger partial charge is 0.186 e. The summed E-state index contributed by atoms with van der Waals surface area (Å²) in [5, 5.41) is 35.7. The van der Waals surface area contributed by atoms with E-state index in [-0.39, 0.29) is 6.42 Å². The number of fused-ring (bicyclic) bond motifs is 1. The molecule has 4 heterocycles. The van der Waals surface area contributed by atoms with E-state index in [1.165, 1.54) is 0 Å². The highest BCUT2D eigenvalue weighted by molar-refractivity contribution is 7.08. The molecule has 22 heavy (non-hydrogen) atoms. The summed E-state index contributed by atoms with van der Waals surface area (Å²) in [4.78, 5) is 1.94. The number of rotatable bonds is 3. The molecule has 0 unspecified atom stereocenters. The highest BCUT2D eigenvalue weighted by Crippen LogP contribution is 2.29. The Balaban J connectivity index is 1.67. The van der Waals surface area contributed by atoms with Crippen LogP contribution in [0.2, 0.25) is 0 Å². The van der Waals surface area contributed by atoms with Crippen molar-refractivity contribution < 1.29 is 5.11 Å². The maximum Gasteiger partial charge on any atom is 0.186 e. The van der Waals surface area contributed by atoms with Gasteiger partial charge in [-0.2, -0.15) is 21.1 Å². The predicted molar refractivity (Wildman–Crippen MR) is 81.5 cm³/mol. The van der Waals surface area contributed by atoms with Gasteiger partial charge in [0.15, 0.2) is 11.5 Å². The van der Waals surface area contributed by atoms with Crippen molar-refractivity contribution >= 4 is 22.8 Å². The van der Waals surface area contributed by atoms with Crippen LogP contribution in [0.5, 0.6) is 0 Å². The summed E-state index contributed by atoms with van der Waals surface area (Å²) >= 11 is 1.59. The molecule has 1 N–H and O–H groups in total. The predicted octanol–water partition coefficient (Wildman–Crippen LogP) is 1.32. The highest BCUT2D eigenvalue weighted by Gasteiger charge is 2.41. The molecule has 0 bridgehead atoms. The van der Waals surface area contributed by atoms with Gasteiger partial charge in [0.25, 0.3) is 0 Å². The summed E-state index contributed by atoms with van der Waals surface area (Å²) in [6, 6.07) is 7.70. The van der Waals surface area contributed by atoms with E-state index in [1.54, 1.807) is 15.9 Å². The summed E-state index contributed by atoms with van der Waals surface area (Å²) in [7, 11) is 0. The van der Waals surface area contributed by atoms with Crippen LogP contribution in [-0.4, -0.2) is 43.6 Å². The highest BCUT2D eigenvalue weighted by atomic mass is 32.1. The van der Waals surface area contributed by atoms with E-state index in [0.29, 0.717) is 24.6 Å². The molecule has 1 aliphatic heterocycles. The number of nitriles is 1. The monoisotopic (exact) mass is 312 g/mol. The van der Waals surface area contributed by atoms with Crippen LogP contribution in [0, 0.1) is 11.3 Å². The molecule has 0 spiro atoms. The SMILES string of the molecule is N#CCC1(O)CN(c2ccc3nnc(-c4ccsc4)n3n2)C1. The minimum absolute atomic E-state index is 0.137. The summed E-state index contributed by atoms with van der Waals surface area (Å²) in [5.74, 6) is 1.44. The molecule has 1 saturated heterocycles. The van der Waals surface area contributed by atoms with Crippen LogP contribution in [0.25, 0.3) is 17.0 Å². The molecule has 0 aromatic carbocycles. The summed E-state index contributed by atoms with van der Waals surface area (Å²) in [5.41, 5.74) is 0.735. The third-order valence-corrected chi connectivity index (χ3v) is 4.41. The number of aromatic nitrogens is 4. The van der Waals surface area contributed by atoms with Crippen molar-refractivity contribution in [3.05, 3.63) is 29.0 Å². The molecule has 7 nitrogen and oxygen atoms in total. The molecule has 110 valence electrons. The number of nitrogens with zero attached hydrogens (tertiary/aromatic N) is 6. The Kier molecular flexibility index (Phi) is 2.85. The Morgan fingerprint density at radius 2 is 2.18 bits per heavy atom. The van der Waals surface area contributed by atoms with Gasteiger partial charge in [-0.1, -0.05) is 0 Å². The number of β-amino-alcohol motifs (C(OH)–C–C–N with tert-alkyl or cyclic N) is 1. The molecule has 0 aliphatic carbocycles. The molecule has 3 aromatic rings. The van der Waals surface area contributed by atoms with E-state index in [0.717, 1.165) is 11.4 Å². The second kappa shape index (κ2) is 4.76. The molecular weight excluding hydrogens is 300 g/mol. The van der Waals surface area contributed by atoms with Gasteiger partial charge >= 0.3 is 0 Å². The van der Waals surface area contributed by atoms with Crippen molar-refractivity contribution in [2.75, 3.05) is 18.0 Å². The van der Waals surface area contributed by atoms with Gasteiger partial charge in [0.05, 0.1) is 25.6 Å². The minimum Gasteiger partial charge on any atom is -0.385 e. The first-order chi connectivity index (χ1) is 10.7. The molecule has 1 fully saturated rings. The lowest BCUT2D eigenvalue weighted by atomic mass is 9.91. The average molecular weight is 312 g/mol. The van der Waals surface area contributed by atoms with Gasteiger partial charge in [0.1, 0.15) is 11.4 Å². The van der Waals surface area contributed by atoms with E-state index in [1.807, 2.05) is 39.9 Å².